The number of hydrogen-bond donors (Lipinski definition) is 0. The van der Waals surface area contributed by atoms with E-state index >= 15 is 0 Å². The Balaban J connectivity index is 2.14. The second-order valence-electron chi connectivity index (χ2n) is 10.0. The molecular weight excluding hydrogens is 402 g/mol. The zero-order chi connectivity index (χ0) is 22.7. The van der Waals surface area contributed by atoms with Crippen LogP contribution in [0.25, 0.3) is 0 Å². The molecular formula is C23H37NO5S. The Bertz CT molecular complexity index is 736. The normalized spacial score (nSPS) is 20.7. The summed E-state index contributed by atoms with van der Waals surface area (Å²) in [7, 11) is -1.40. The molecule has 6 nitrogen and oxygen atoms in total. The fourth-order valence-corrected chi connectivity index (χ4v) is 4.03. The van der Waals surface area contributed by atoms with Gasteiger partial charge in [-0.3, -0.25) is 4.90 Å². The van der Waals surface area contributed by atoms with E-state index in [2.05, 4.69) is 33.3 Å². The summed E-state index contributed by atoms with van der Waals surface area (Å²) in [6.07, 6.45) is 3.88. The van der Waals surface area contributed by atoms with Gasteiger partial charge in [0.15, 0.2) is 0 Å². The third-order valence-electron chi connectivity index (χ3n) is 5.24. The van der Waals surface area contributed by atoms with Gasteiger partial charge < -0.3 is 13.7 Å². The van der Waals surface area contributed by atoms with Crippen LogP contribution in [0, 0.1) is 0 Å². The summed E-state index contributed by atoms with van der Waals surface area (Å²) in [5.41, 5.74) is 0.253. The number of carbonyl (C=O) groups is 2. The minimum Gasteiger partial charge on any atom is -0.459 e. The number of esters is 1. The van der Waals surface area contributed by atoms with Crippen molar-refractivity contribution in [2.24, 2.45) is 0 Å². The molecule has 1 aromatic carbocycles. The highest BCUT2D eigenvalue weighted by atomic mass is 32.3. The molecule has 2 unspecified atom stereocenters. The minimum atomic E-state index is -1.40. The van der Waals surface area contributed by atoms with Gasteiger partial charge in [0.05, 0.1) is 12.6 Å². The Hall–Kier alpha value is -1.73. The molecule has 0 N–H and O–H groups in total. The van der Waals surface area contributed by atoms with Gasteiger partial charge in [0.1, 0.15) is 18.2 Å². The van der Waals surface area contributed by atoms with Crippen molar-refractivity contribution in [1.82, 2.24) is 4.90 Å². The average molecular weight is 440 g/mol. The molecule has 0 bridgehead atoms. The molecule has 1 heterocycles. The van der Waals surface area contributed by atoms with Crippen molar-refractivity contribution in [2.45, 2.75) is 77.1 Å². The standard InChI is InChI=1S/C23H37NO5S/c1-22(2,3)28-21(26)24-15-18(29-30(7,8)23(4,5)6)14-19(24)20(25)27-16-17-12-10-9-11-13-17/h9-13,18-19H,14-16H2,1-8H3. The van der Waals surface area contributed by atoms with E-state index in [9.17, 15) is 9.59 Å². The van der Waals surface area contributed by atoms with E-state index in [1.165, 1.54) is 4.90 Å². The molecule has 1 aromatic rings. The SMILES string of the molecule is CC(C)(C)OC(=O)N1CC(OS(C)(C)C(C)(C)C)CC1C(=O)OCc1ccccc1. The largest absolute Gasteiger partial charge is 0.459 e. The van der Waals surface area contributed by atoms with Crippen LogP contribution in [0.15, 0.2) is 30.3 Å². The van der Waals surface area contributed by atoms with Gasteiger partial charge in [0.2, 0.25) is 0 Å². The van der Waals surface area contributed by atoms with E-state index in [0.717, 1.165) is 5.56 Å². The maximum absolute atomic E-state index is 12.9. The highest BCUT2D eigenvalue weighted by Gasteiger charge is 2.45. The molecule has 0 spiro atoms. The van der Waals surface area contributed by atoms with Crippen molar-refractivity contribution >= 4 is 22.4 Å². The van der Waals surface area contributed by atoms with Gasteiger partial charge >= 0.3 is 12.1 Å². The van der Waals surface area contributed by atoms with E-state index in [1.54, 1.807) is 0 Å². The van der Waals surface area contributed by atoms with Crippen molar-refractivity contribution in [3.8, 4) is 0 Å². The third-order valence-corrected chi connectivity index (χ3v) is 8.94. The van der Waals surface area contributed by atoms with Crippen LogP contribution in [0.5, 0.6) is 0 Å². The quantitative estimate of drug-likeness (QED) is 0.611. The maximum Gasteiger partial charge on any atom is 0.411 e. The molecule has 0 aromatic heterocycles. The zero-order valence-electron chi connectivity index (χ0n) is 19.6. The van der Waals surface area contributed by atoms with Crippen LogP contribution >= 0.6 is 10.3 Å². The monoisotopic (exact) mass is 439 g/mol. The summed E-state index contributed by atoms with van der Waals surface area (Å²) in [6, 6.07) is 8.78. The van der Waals surface area contributed by atoms with Crippen LogP contribution < -0.4 is 0 Å². The summed E-state index contributed by atoms with van der Waals surface area (Å²) < 4.78 is 17.5. The Morgan fingerprint density at radius 1 is 1.07 bits per heavy atom. The van der Waals surface area contributed by atoms with E-state index in [1.807, 2.05) is 51.1 Å². The predicted molar refractivity (Wildman–Crippen MR) is 122 cm³/mol. The molecule has 30 heavy (non-hydrogen) atoms. The molecule has 1 amide bonds. The van der Waals surface area contributed by atoms with E-state index in [0.29, 0.717) is 13.0 Å². The Morgan fingerprint density at radius 2 is 1.67 bits per heavy atom. The molecule has 1 fully saturated rings. The molecule has 1 saturated heterocycles. The lowest BCUT2D eigenvalue weighted by molar-refractivity contribution is -0.150. The average Bonchev–Trinajstić information content (AvgIpc) is 3.01. The molecule has 2 rings (SSSR count). The smallest absolute Gasteiger partial charge is 0.411 e. The van der Waals surface area contributed by atoms with Crippen LogP contribution in [0.4, 0.5) is 4.79 Å². The molecule has 1 aliphatic rings. The third kappa shape index (κ3) is 6.64. The van der Waals surface area contributed by atoms with Crippen molar-refractivity contribution in [3.05, 3.63) is 35.9 Å². The topological polar surface area (TPSA) is 65.1 Å². The summed E-state index contributed by atoms with van der Waals surface area (Å²) in [5.74, 6) is -0.431. The molecule has 0 radical (unpaired) electrons. The molecule has 0 aliphatic carbocycles. The molecule has 1 aliphatic heterocycles. The lowest BCUT2D eigenvalue weighted by Crippen LogP contribution is -2.44. The van der Waals surface area contributed by atoms with Crippen LogP contribution in [0.3, 0.4) is 0 Å². The fourth-order valence-electron chi connectivity index (χ4n) is 2.92. The van der Waals surface area contributed by atoms with Gasteiger partial charge in [-0.2, -0.15) is 0 Å². The Kier molecular flexibility index (Phi) is 7.51. The lowest BCUT2D eigenvalue weighted by atomic mass is 10.2. The number of carbonyl (C=O) groups excluding carboxylic acids is 2. The summed E-state index contributed by atoms with van der Waals surface area (Å²) in [6.45, 7) is 12.4. The molecule has 0 saturated carbocycles. The summed E-state index contributed by atoms with van der Waals surface area (Å²) in [4.78, 5) is 27.2. The first kappa shape index (κ1) is 24.5. The highest BCUT2D eigenvalue weighted by molar-refractivity contribution is 8.29. The second-order valence-corrected chi connectivity index (χ2v) is 13.9. The van der Waals surface area contributed by atoms with Crippen molar-refractivity contribution < 1.29 is 23.2 Å². The molecule has 7 heteroatoms. The van der Waals surface area contributed by atoms with Crippen molar-refractivity contribution in [3.63, 3.8) is 0 Å². The number of likely N-dealkylation sites (tertiary alicyclic amines) is 1. The van der Waals surface area contributed by atoms with Crippen molar-refractivity contribution in [1.29, 1.82) is 0 Å². The first-order chi connectivity index (χ1) is 13.7. The maximum atomic E-state index is 12.9. The van der Waals surface area contributed by atoms with Gasteiger partial charge in [0, 0.05) is 11.2 Å². The van der Waals surface area contributed by atoms with Gasteiger partial charge in [-0.1, -0.05) is 51.1 Å². The van der Waals surface area contributed by atoms with Crippen molar-refractivity contribution in [2.75, 3.05) is 19.1 Å². The zero-order valence-corrected chi connectivity index (χ0v) is 20.4. The van der Waals surface area contributed by atoms with E-state index in [-0.39, 0.29) is 17.5 Å². The predicted octanol–water partition coefficient (Wildman–Crippen LogP) is 4.90. The molecule has 2 atom stereocenters. The Labute approximate surface area is 182 Å². The van der Waals surface area contributed by atoms with Crippen LogP contribution in [0.2, 0.25) is 0 Å². The van der Waals surface area contributed by atoms with Crippen LogP contribution in [-0.4, -0.2) is 58.5 Å². The second kappa shape index (κ2) is 9.18. The number of benzene rings is 1. The highest BCUT2D eigenvalue weighted by Crippen LogP contribution is 2.55. The fraction of sp³-hybridized carbons (Fsp3) is 0.652. The van der Waals surface area contributed by atoms with E-state index < -0.39 is 34.0 Å². The Morgan fingerprint density at radius 3 is 2.20 bits per heavy atom. The first-order valence-electron chi connectivity index (χ1n) is 10.3. The number of hydrogen-bond acceptors (Lipinski definition) is 5. The van der Waals surface area contributed by atoms with Crippen LogP contribution in [0.1, 0.15) is 53.5 Å². The van der Waals surface area contributed by atoms with Crippen LogP contribution in [-0.2, 0) is 25.1 Å². The number of ether oxygens (including phenoxy) is 2. The lowest BCUT2D eigenvalue weighted by Gasteiger charge is -2.45. The first-order valence-corrected chi connectivity index (χ1v) is 12.7. The summed E-state index contributed by atoms with van der Waals surface area (Å²) in [5, 5.41) is 0. The van der Waals surface area contributed by atoms with Gasteiger partial charge in [0.25, 0.3) is 0 Å². The minimum absolute atomic E-state index is 0.0182. The van der Waals surface area contributed by atoms with Gasteiger partial charge in [-0.25, -0.2) is 9.59 Å². The van der Waals surface area contributed by atoms with Gasteiger partial charge in [-0.15, -0.1) is 10.3 Å². The number of nitrogens with zero attached hydrogens (tertiary/aromatic N) is 1. The van der Waals surface area contributed by atoms with Gasteiger partial charge in [-0.05, 0) is 38.8 Å². The molecule has 170 valence electrons. The van der Waals surface area contributed by atoms with E-state index in [4.69, 9.17) is 13.7 Å². The number of amides is 1. The summed E-state index contributed by atoms with van der Waals surface area (Å²) >= 11 is 0. The number of rotatable bonds is 5.